The first-order valence-corrected chi connectivity index (χ1v) is 10.4. The molecule has 0 saturated carbocycles. The van der Waals surface area contributed by atoms with Crippen LogP contribution in [0.3, 0.4) is 0 Å². The Morgan fingerprint density at radius 1 is 1.07 bits per heavy atom. The maximum Gasteiger partial charge on any atom is 0.264 e. The Labute approximate surface area is 173 Å². The number of rotatable bonds is 7. The molecule has 0 saturated heterocycles. The minimum absolute atomic E-state index is 0.0487. The number of carbonyl (C=O) groups is 1. The third-order valence-corrected chi connectivity index (χ3v) is 5.95. The number of aromatic nitrogens is 1. The number of sulfonamides is 1. The van der Waals surface area contributed by atoms with E-state index in [0.717, 1.165) is 4.31 Å². The standard InChI is InChI=1S/C21H19FN4O3S/c1-16(17-9-11-18(22)12-10-17)24-25-21(27)15-26(19-6-5-13-23-14-19)30(28,29)20-7-3-2-4-8-20/h2-14H,15H2,1H3,(H,25,27)/b24-16-. The number of benzene rings is 2. The second-order valence-corrected chi connectivity index (χ2v) is 8.14. The molecule has 0 spiro atoms. The summed E-state index contributed by atoms with van der Waals surface area (Å²) in [4.78, 5) is 16.5. The van der Waals surface area contributed by atoms with Gasteiger partial charge in [-0.2, -0.15) is 5.10 Å². The Kier molecular flexibility index (Phi) is 6.53. The molecule has 30 heavy (non-hydrogen) atoms. The highest BCUT2D eigenvalue weighted by molar-refractivity contribution is 7.92. The van der Waals surface area contributed by atoms with Crippen LogP contribution in [0.4, 0.5) is 10.1 Å². The summed E-state index contributed by atoms with van der Waals surface area (Å²) in [5.41, 5.74) is 3.66. The number of amides is 1. The second kappa shape index (κ2) is 9.27. The minimum Gasteiger partial charge on any atom is -0.271 e. The molecule has 0 bridgehead atoms. The van der Waals surface area contributed by atoms with Gasteiger partial charge in [0.15, 0.2) is 0 Å². The molecule has 0 radical (unpaired) electrons. The lowest BCUT2D eigenvalue weighted by Gasteiger charge is -2.23. The molecule has 7 nitrogen and oxygen atoms in total. The van der Waals surface area contributed by atoms with Crippen LogP contribution in [0, 0.1) is 5.82 Å². The van der Waals surface area contributed by atoms with Crippen LogP contribution in [0.15, 0.2) is 89.1 Å². The predicted octanol–water partition coefficient (Wildman–Crippen LogP) is 2.96. The number of hydrazone groups is 1. The first-order valence-electron chi connectivity index (χ1n) is 8.95. The smallest absolute Gasteiger partial charge is 0.264 e. The van der Waals surface area contributed by atoms with Crippen LogP contribution in [-0.4, -0.2) is 31.6 Å². The summed E-state index contributed by atoms with van der Waals surface area (Å²) >= 11 is 0. The number of pyridine rings is 1. The van der Waals surface area contributed by atoms with Gasteiger partial charge in [0.2, 0.25) is 0 Å². The third-order valence-electron chi connectivity index (χ3n) is 4.16. The summed E-state index contributed by atoms with van der Waals surface area (Å²) in [5, 5.41) is 3.98. The zero-order valence-corrected chi connectivity index (χ0v) is 16.9. The van der Waals surface area contributed by atoms with E-state index >= 15 is 0 Å². The van der Waals surface area contributed by atoms with Gasteiger partial charge in [-0.05, 0) is 48.9 Å². The van der Waals surface area contributed by atoms with Crippen molar-refractivity contribution in [1.82, 2.24) is 10.4 Å². The van der Waals surface area contributed by atoms with Gasteiger partial charge in [-0.25, -0.2) is 18.2 Å². The molecule has 0 fully saturated rings. The van der Waals surface area contributed by atoms with Crippen LogP contribution in [0.1, 0.15) is 12.5 Å². The highest BCUT2D eigenvalue weighted by Gasteiger charge is 2.27. The normalized spacial score (nSPS) is 11.7. The van der Waals surface area contributed by atoms with Crippen molar-refractivity contribution in [3.63, 3.8) is 0 Å². The van der Waals surface area contributed by atoms with Crippen molar-refractivity contribution in [3.8, 4) is 0 Å². The molecule has 1 N–H and O–H groups in total. The molecule has 0 aliphatic rings. The van der Waals surface area contributed by atoms with E-state index < -0.39 is 22.5 Å². The summed E-state index contributed by atoms with van der Waals surface area (Å²) in [7, 11) is -4.00. The molecule has 1 heterocycles. The number of nitrogens with one attached hydrogen (secondary N) is 1. The molecule has 0 aliphatic carbocycles. The van der Waals surface area contributed by atoms with Crippen molar-refractivity contribution in [2.45, 2.75) is 11.8 Å². The predicted molar refractivity (Wildman–Crippen MR) is 112 cm³/mol. The van der Waals surface area contributed by atoms with Gasteiger partial charge in [0.25, 0.3) is 15.9 Å². The van der Waals surface area contributed by atoms with E-state index in [2.05, 4.69) is 15.5 Å². The van der Waals surface area contributed by atoms with Crippen molar-refractivity contribution < 1.29 is 17.6 Å². The van der Waals surface area contributed by atoms with Gasteiger partial charge in [0.05, 0.1) is 22.5 Å². The second-order valence-electron chi connectivity index (χ2n) is 6.28. The van der Waals surface area contributed by atoms with Gasteiger partial charge in [-0.1, -0.05) is 30.3 Å². The molecule has 1 amide bonds. The lowest BCUT2D eigenvalue weighted by Crippen LogP contribution is -2.39. The topological polar surface area (TPSA) is 91.7 Å². The number of hydrogen-bond acceptors (Lipinski definition) is 5. The van der Waals surface area contributed by atoms with E-state index in [0.29, 0.717) is 11.3 Å². The summed E-state index contributed by atoms with van der Waals surface area (Å²) < 4.78 is 40.2. The van der Waals surface area contributed by atoms with Crippen LogP contribution >= 0.6 is 0 Å². The molecule has 1 aromatic heterocycles. The van der Waals surface area contributed by atoms with Crippen LogP contribution in [0.25, 0.3) is 0 Å². The van der Waals surface area contributed by atoms with Crippen molar-refractivity contribution in [2.75, 3.05) is 10.8 Å². The van der Waals surface area contributed by atoms with Crippen LogP contribution in [0.2, 0.25) is 0 Å². The first-order chi connectivity index (χ1) is 14.4. The summed E-state index contributed by atoms with van der Waals surface area (Å²) in [6.45, 7) is 1.15. The van der Waals surface area contributed by atoms with E-state index in [1.165, 1.54) is 48.8 Å². The molecule has 154 valence electrons. The van der Waals surface area contributed by atoms with Crippen molar-refractivity contribution in [1.29, 1.82) is 0 Å². The Bertz CT molecular complexity index is 1140. The Morgan fingerprint density at radius 2 is 1.77 bits per heavy atom. The maximum absolute atomic E-state index is 13.1. The van der Waals surface area contributed by atoms with Gasteiger partial charge in [-0.15, -0.1) is 0 Å². The molecular weight excluding hydrogens is 407 g/mol. The van der Waals surface area contributed by atoms with E-state index in [-0.39, 0.29) is 16.4 Å². The third kappa shape index (κ3) is 5.06. The molecule has 0 unspecified atom stereocenters. The molecular formula is C21H19FN4O3S. The lowest BCUT2D eigenvalue weighted by molar-refractivity contribution is -0.119. The van der Waals surface area contributed by atoms with Gasteiger partial charge >= 0.3 is 0 Å². The van der Waals surface area contributed by atoms with Gasteiger partial charge in [0, 0.05) is 6.20 Å². The van der Waals surface area contributed by atoms with Crippen LogP contribution in [-0.2, 0) is 14.8 Å². The van der Waals surface area contributed by atoms with Gasteiger partial charge < -0.3 is 0 Å². The minimum atomic E-state index is -4.00. The Morgan fingerprint density at radius 3 is 2.40 bits per heavy atom. The van der Waals surface area contributed by atoms with Crippen molar-refractivity contribution in [3.05, 3.63) is 90.5 Å². The summed E-state index contributed by atoms with van der Waals surface area (Å²) in [5.74, 6) is -1.02. The van der Waals surface area contributed by atoms with E-state index in [9.17, 15) is 17.6 Å². The van der Waals surface area contributed by atoms with E-state index in [4.69, 9.17) is 0 Å². The quantitative estimate of drug-likeness (QED) is 0.464. The van der Waals surface area contributed by atoms with Crippen molar-refractivity contribution in [2.24, 2.45) is 5.10 Å². The van der Waals surface area contributed by atoms with Crippen molar-refractivity contribution >= 4 is 27.3 Å². The lowest BCUT2D eigenvalue weighted by atomic mass is 10.1. The summed E-state index contributed by atoms with van der Waals surface area (Å²) in [6.07, 6.45) is 2.87. The molecule has 2 aromatic carbocycles. The largest absolute Gasteiger partial charge is 0.271 e. The number of hydrogen-bond donors (Lipinski definition) is 1. The fraction of sp³-hybridized carbons (Fsp3) is 0.0952. The maximum atomic E-state index is 13.1. The van der Waals surface area contributed by atoms with E-state index in [1.54, 1.807) is 37.3 Å². The average molecular weight is 426 g/mol. The fourth-order valence-corrected chi connectivity index (χ4v) is 4.03. The number of anilines is 1. The van der Waals surface area contributed by atoms with Crippen LogP contribution < -0.4 is 9.73 Å². The molecule has 0 atom stereocenters. The zero-order valence-electron chi connectivity index (χ0n) is 16.1. The average Bonchev–Trinajstić information content (AvgIpc) is 2.77. The Hall–Kier alpha value is -3.59. The molecule has 9 heteroatoms. The highest BCUT2D eigenvalue weighted by Crippen LogP contribution is 2.22. The monoisotopic (exact) mass is 426 g/mol. The molecule has 3 rings (SSSR count). The molecule has 0 aliphatic heterocycles. The first kappa shape index (κ1) is 21.1. The van der Waals surface area contributed by atoms with Gasteiger partial charge in [-0.3, -0.25) is 14.1 Å². The summed E-state index contributed by atoms with van der Waals surface area (Å²) in [6, 6.07) is 16.6. The number of nitrogens with zero attached hydrogens (tertiary/aromatic N) is 3. The van der Waals surface area contributed by atoms with Gasteiger partial charge in [0.1, 0.15) is 12.4 Å². The Balaban J connectivity index is 1.82. The van der Waals surface area contributed by atoms with E-state index in [1.807, 2.05) is 0 Å². The highest BCUT2D eigenvalue weighted by atomic mass is 32.2. The number of halogens is 1. The molecule has 3 aromatic rings. The SMILES string of the molecule is C/C(=N/NC(=O)CN(c1cccnc1)S(=O)(=O)c1ccccc1)c1ccc(F)cc1. The van der Waals surface area contributed by atoms with Crippen LogP contribution in [0.5, 0.6) is 0 Å². The zero-order chi connectivity index (χ0) is 21.6. The fourth-order valence-electron chi connectivity index (χ4n) is 2.60. The number of carbonyl (C=O) groups excluding carboxylic acids is 1.